The van der Waals surface area contributed by atoms with E-state index >= 15 is 0 Å². The van der Waals surface area contributed by atoms with Gasteiger partial charge in [-0.1, -0.05) is 11.1 Å². The molecule has 5 heteroatoms. The molecule has 5 nitrogen and oxygen atoms in total. The summed E-state index contributed by atoms with van der Waals surface area (Å²) in [5.41, 5.74) is 2.23. The number of amides is 1. The quantitative estimate of drug-likeness (QED) is 0.572. The van der Waals surface area contributed by atoms with Gasteiger partial charge in [-0.2, -0.15) is 0 Å². The number of ether oxygens (including phenoxy) is 2. The number of rotatable bonds is 3. The maximum Gasteiger partial charge on any atom is 0.410 e. The van der Waals surface area contributed by atoms with Gasteiger partial charge in [-0.3, -0.25) is 4.90 Å². The van der Waals surface area contributed by atoms with Crippen molar-refractivity contribution in [1.29, 1.82) is 0 Å². The Labute approximate surface area is 108 Å². The highest BCUT2D eigenvalue weighted by Gasteiger charge is 2.35. The van der Waals surface area contributed by atoms with E-state index < -0.39 is 12.1 Å². The summed E-state index contributed by atoms with van der Waals surface area (Å²) in [6.07, 6.45) is 0.0612. The Hall–Kier alpha value is -1.52. The average Bonchev–Trinajstić information content (AvgIpc) is 2.32. The van der Waals surface area contributed by atoms with Gasteiger partial charge in [0.05, 0.1) is 13.2 Å². The second kappa shape index (κ2) is 6.42. The SMILES string of the molecule is CCOC(=O)C1CC(C)=C(C)CN1C(=O)OCC. The van der Waals surface area contributed by atoms with Gasteiger partial charge in [-0.05, 0) is 34.1 Å². The zero-order chi connectivity index (χ0) is 13.7. The monoisotopic (exact) mass is 255 g/mol. The minimum Gasteiger partial charge on any atom is -0.464 e. The molecule has 1 aliphatic heterocycles. The molecule has 1 heterocycles. The Bertz CT molecular complexity index is 328. The molecule has 1 amide bonds. The molecule has 0 bridgehead atoms. The van der Waals surface area contributed by atoms with Crippen molar-refractivity contribution in [3.63, 3.8) is 0 Å². The fourth-order valence-electron chi connectivity index (χ4n) is 1.92. The van der Waals surface area contributed by atoms with Crippen LogP contribution in [0.15, 0.2) is 11.1 Å². The Morgan fingerprint density at radius 2 is 1.78 bits per heavy atom. The summed E-state index contributed by atoms with van der Waals surface area (Å²) in [5, 5.41) is 0. The van der Waals surface area contributed by atoms with E-state index in [1.807, 2.05) is 13.8 Å². The predicted octanol–water partition coefficient (Wildman–Crippen LogP) is 2.12. The summed E-state index contributed by atoms with van der Waals surface area (Å²) >= 11 is 0. The highest BCUT2D eigenvalue weighted by atomic mass is 16.6. The van der Waals surface area contributed by atoms with Crippen molar-refractivity contribution < 1.29 is 19.1 Å². The molecule has 0 aliphatic carbocycles. The van der Waals surface area contributed by atoms with Gasteiger partial charge in [-0.15, -0.1) is 0 Å². The van der Waals surface area contributed by atoms with E-state index in [4.69, 9.17) is 9.47 Å². The molecule has 0 aromatic carbocycles. The standard InChI is InChI=1S/C13H21NO4/c1-5-17-12(15)11-7-9(3)10(4)8-14(11)13(16)18-6-2/h11H,5-8H2,1-4H3. The first-order valence-electron chi connectivity index (χ1n) is 6.26. The van der Waals surface area contributed by atoms with E-state index in [1.165, 1.54) is 4.90 Å². The summed E-state index contributed by atoms with van der Waals surface area (Å²) < 4.78 is 9.99. The van der Waals surface area contributed by atoms with Crippen LogP contribution < -0.4 is 0 Å². The zero-order valence-corrected chi connectivity index (χ0v) is 11.5. The summed E-state index contributed by atoms with van der Waals surface area (Å²) in [7, 11) is 0. The molecular weight excluding hydrogens is 234 g/mol. The lowest BCUT2D eigenvalue weighted by Gasteiger charge is -2.34. The van der Waals surface area contributed by atoms with Gasteiger partial charge in [0.15, 0.2) is 0 Å². The lowest BCUT2D eigenvalue weighted by molar-refractivity contribution is -0.149. The molecular formula is C13H21NO4. The molecule has 0 radical (unpaired) electrons. The predicted molar refractivity (Wildman–Crippen MR) is 67.1 cm³/mol. The maximum atomic E-state index is 11.9. The molecule has 18 heavy (non-hydrogen) atoms. The van der Waals surface area contributed by atoms with Crippen LogP contribution in [0.4, 0.5) is 4.79 Å². The Kier molecular flexibility index (Phi) is 5.19. The molecule has 0 saturated heterocycles. The van der Waals surface area contributed by atoms with Gasteiger partial charge in [-0.25, -0.2) is 9.59 Å². The summed E-state index contributed by atoms with van der Waals surface area (Å²) in [6, 6.07) is -0.562. The Balaban J connectivity index is 2.88. The minimum absolute atomic E-state index is 0.298. The number of carbonyl (C=O) groups is 2. The lowest BCUT2D eigenvalue weighted by Crippen LogP contribution is -2.49. The minimum atomic E-state index is -0.562. The third-order valence-corrected chi connectivity index (χ3v) is 3.07. The summed E-state index contributed by atoms with van der Waals surface area (Å²) in [4.78, 5) is 25.2. The average molecular weight is 255 g/mol. The largest absolute Gasteiger partial charge is 0.464 e. The van der Waals surface area contributed by atoms with Crippen molar-refractivity contribution in [1.82, 2.24) is 4.90 Å². The highest BCUT2D eigenvalue weighted by Crippen LogP contribution is 2.24. The number of esters is 1. The van der Waals surface area contributed by atoms with Crippen LogP contribution in [0.5, 0.6) is 0 Å². The number of nitrogens with zero attached hydrogens (tertiary/aromatic N) is 1. The third-order valence-electron chi connectivity index (χ3n) is 3.07. The first-order chi connectivity index (χ1) is 8.51. The molecule has 1 atom stereocenters. The molecule has 0 N–H and O–H groups in total. The maximum absolute atomic E-state index is 11.9. The van der Waals surface area contributed by atoms with Gasteiger partial charge in [0.25, 0.3) is 0 Å². The topological polar surface area (TPSA) is 55.8 Å². The van der Waals surface area contributed by atoms with Gasteiger partial charge in [0, 0.05) is 6.54 Å². The number of hydrogen-bond acceptors (Lipinski definition) is 4. The van der Waals surface area contributed by atoms with Crippen molar-refractivity contribution in [3.05, 3.63) is 11.1 Å². The Morgan fingerprint density at radius 3 is 2.33 bits per heavy atom. The van der Waals surface area contributed by atoms with Crippen LogP contribution in [0.25, 0.3) is 0 Å². The van der Waals surface area contributed by atoms with Crippen molar-refractivity contribution >= 4 is 12.1 Å². The molecule has 0 aromatic rings. The van der Waals surface area contributed by atoms with Crippen LogP contribution in [0.2, 0.25) is 0 Å². The van der Waals surface area contributed by atoms with Gasteiger partial charge >= 0.3 is 12.1 Å². The smallest absolute Gasteiger partial charge is 0.410 e. The number of hydrogen-bond donors (Lipinski definition) is 0. The first kappa shape index (κ1) is 14.5. The molecule has 1 rings (SSSR count). The van der Waals surface area contributed by atoms with Crippen molar-refractivity contribution in [3.8, 4) is 0 Å². The van der Waals surface area contributed by atoms with Crippen LogP contribution in [0.1, 0.15) is 34.1 Å². The van der Waals surface area contributed by atoms with E-state index in [9.17, 15) is 9.59 Å². The fraction of sp³-hybridized carbons (Fsp3) is 0.692. The van der Waals surface area contributed by atoms with Crippen LogP contribution in [-0.4, -0.2) is 42.8 Å². The molecule has 1 aliphatic rings. The van der Waals surface area contributed by atoms with Crippen molar-refractivity contribution in [2.45, 2.75) is 40.2 Å². The van der Waals surface area contributed by atoms with E-state index in [0.717, 1.165) is 11.1 Å². The zero-order valence-electron chi connectivity index (χ0n) is 11.5. The highest BCUT2D eigenvalue weighted by molar-refractivity contribution is 5.82. The van der Waals surface area contributed by atoms with E-state index in [2.05, 4.69) is 0 Å². The van der Waals surface area contributed by atoms with Crippen LogP contribution in [0, 0.1) is 0 Å². The van der Waals surface area contributed by atoms with Gasteiger partial charge in [0.1, 0.15) is 6.04 Å². The summed E-state index contributed by atoms with van der Waals surface area (Å²) in [5.74, 6) is -0.364. The van der Waals surface area contributed by atoms with Crippen LogP contribution >= 0.6 is 0 Å². The van der Waals surface area contributed by atoms with Gasteiger partial charge < -0.3 is 9.47 Å². The lowest BCUT2D eigenvalue weighted by atomic mass is 9.96. The number of carbonyl (C=O) groups excluding carboxylic acids is 2. The van der Waals surface area contributed by atoms with E-state index in [0.29, 0.717) is 26.2 Å². The van der Waals surface area contributed by atoms with Crippen molar-refractivity contribution in [2.24, 2.45) is 0 Å². The molecule has 1 unspecified atom stereocenters. The Morgan fingerprint density at radius 1 is 1.17 bits per heavy atom. The van der Waals surface area contributed by atoms with Crippen LogP contribution in [0.3, 0.4) is 0 Å². The molecule has 102 valence electrons. The second-order valence-electron chi connectivity index (χ2n) is 4.36. The van der Waals surface area contributed by atoms with Crippen molar-refractivity contribution in [2.75, 3.05) is 19.8 Å². The van der Waals surface area contributed by atoms with Crippen LogP contribution in [-0.2, 0) is 14.3 Å². The first-order valence-corrected chi connectivity index (χ1v) is 6.26. The van der Waals surface area contributed by atoms with E-state index in [-0.39, 0.29) is 5.97 Å². The van der Waals surface area contributed by atoms with E-state index in [1.54, 1.807) is 13.8 Å². The fourth-order valence-corrected chi connectivity index (χ4v) is 1.92. The second-order valence-corrected chi connectivity index (χ2v) is 4.36. The third kappa shape index (κ3) is 3.24. The molecule has 0 saturated carbocycles. The normalized spacial score (nSPS) is 19.8. The summed E-state index contributed by atoms with van der Waals surface area (Å²) in [6.45, 7) is 8.47. The molecule has 0 fully saturated rings. The molecule has 0 aromatic heterocycles. The molecule has 0 spiro atoms. The van der Waals surface area contributed by atoms with Gasteiger partial charge in [0.2, 0.25) is 0 Å².